The normalized spacial score (nSPS) is 14.7. The molecule has 0 N–H and O–H groups in total. The molecule has 0 saturated carbocycles. The largest absolute Gasteiger partial charge is 0.497 e. The van der Waals surface area contributed by atoms with Crippen LogP contribution in [-0.2, 0) is 9.53 Å². The van der Waals surface area contributed by atoms with Crippen LogP contribution in [0, 0.1) is 3.57 Å². The van der Waals surface area contributed by atoms with E-state index in [4.69, 9.17) is 18.9 Å². The lowest BCUT2D eigenvalue weighted by molar-refractivity contribution is -0.130. The van der Waals surface area contributed by atoms with E-state index in [0.29, 0.717) is 29.4 Å². The van der Waals surface area contributed by atoms with Crippen LogP contribution < -0.4 is 14.2 Å². The molecule has 2 aromatic carbocycles. The molecule has 1 aliphatic heterocycles. The summed E-state index contributed by atoms with van der Waals surface area (Å²) < 4.78 is 22.5. The van der Waals surface area contributed by atoms with Gasteiger partial charge in [0.15, 0.2) is 11.5 Å². The molecule has 0 fully saturated rings. The molecule has 0 amide bonds. The van der Waals surface area contributed by atoms with Crippen molar-refractivity contribution in [1.29, 1.82) is 0 Å². The van der Waals surface area contributed by atoms with E-state index in [1.807, 2.05) is 43.3 Å². The standard InChI is InChI=1S/C21H19IO5/c1-4-26-19-11-13(10-17(22)20(19)25-3)9-15-12-18(27-21(15)23)14-5-7-16(24-2)8-6-14/h5-12H,4H2,1-3H3. The molecule has 0 aliphatic carbocycles. The Hall–Kier alpha value is -2.48. The molecule has 0 saturated heterocycles. The van der Waals surface area contributed by atoms with Gasteiger partial charge in [0, 0.05) is 5.56 Å². The van der Waals surface area contributed by atoms with Gasteiger partial charge in [-0.2, -0.15) is 0 Å². The minimum atomic E-state index is -0.385. The molecule has 3 rings (SSSR count). The van der Waals surface area contributed by atoms with E-state index in [0.717, 1.165) is 20.4 Å². The summed E-state index contributed by atoms with van der Waals surface area (Å²) in [4.78, 5) is 12.3. The SMILES string of the molecule is CCOc1cc(C=C2C=C(c3ccc(OC)cc3)OC2=O)cc(I)c1OC. The first kappa shape index (κ1) is 19.3. The van der Waals surface area contributed by atoms with Crippen molar-refractivity contribution in [1.82, 2.24) is 0 Å². The molecule has 0 radical (unpaired) electrons. The molecule has 1 aliphatic rings. The Morgan fingerprint density at radius 2 is 1.85 bits per heavy atom. The second kappa shape index (κ2) is 8.47. The van der Waals surface area contributed by atoms with E-state index in [-0.39, 0.29) is 5.97 Å². The zero-order chi connectivity index (χ0) is 19.4. The highest BCUT2D eigenvalue weighted by Crippen LogP contribution is 2.35. The van der Waals surface area contributed by atoms with Crippen molar-refractivity contribution >= 4 is 40.4 Å². The Bertz CT molecular complexity index is 913. The number of methoxy groups -OCH3 is 2. The molecule has 0 atom stereocenters. The number of hydrogen-bond donors (Lipinski definition) is 0. The summed E-state index contributed by atoms with van der Waals surface area (Å²) in [6.45, 7) is 2.44. The van der Waals surface area contributed by atoms with E-state index in [2.05, 4.69) is 22.6 Å². The second-order valence-corrected chi connectivity index (χ2v) is 6.86. The Kier molecular flexibility index (Phi) is 6.05. The molecule has 1 heterocycles. The Labute approximate surface area is 171 Å². The van der Waals surface area contributed by atoms with Crippen LogP contribution in [0.25, 0.3) is 11.8 Å². The maximum Gasteiger partial charge on any atom is 0.343 e. The maximum atomic E-state index is 12.3. The number of carbonyl (C=O) groups excluding carboxylic acids is 1. The lowest BCUT2D eigenvalue weighted by atomic mass is 10.1. The number of benzene rings is 2. The molecule has 140 valence electrons. The van der Waals surface area contributed by atoms with Crippen LogP contribution in [0.2, 0.25) is 0 Å². The highest BCUT2D eigenvalue weighted by atomic mass is 127. The van der Waals surface area contributed by atoms with Crippen molar-refractivity contribution in [3.63, 3.8) is 0 Å². The van der Waals surface area contributed by atoms with Crippen LogP contribution in [0.1, 0.15) is 18.1 Å². The van der Waals surface area contributed by atoms with E-state index < -0.39 is 0 Å². The molecule has 0 unspecified atom stereocenters. The van der Waals surface area contributed by atoms with Crippen LogP contribution in [-0.4, -0.2) is 26.8 Å². The predicted molar refractivity (Wildman–Crippen MR) is 112 cm³/mol. The smallest absolute Gasteiger partial charge is 0.343 e. The average molecular weight is 478 g/mol. The fourth-order valence-electron chi connectivity index (χ4n) is 2.70. The summed E-state index contributed by atoms with van der Waals surface area (Å²) in [5.74, 6) is 2.20. The zero-order valence-electron chi connectivity index (χ0n) is 15.2. The number of esters is 1. The number of cyclic esters (lactones) is 1. The minimum Gasteiger partial charge on any atom is -0.497 e. The molecular formula is C21H19IO5. The first-order valence-electron chi connectivity index (χ1n) is 8.36. The molecule has 2 aromatic rings. The average Bonchev–Trinajstić information content (AvgIpc) is 3.02. The number of hydrogen-bond acceptors (Lipinski definition) is 5. The van der Waals surface area contributed by atoms with Crippen molar-refractivity contribution < 1.29 is 23.7 Å². The van der Waals surface area contributed by atoms with Gasteiger partial charge in [0.2, 0.25) is 0 Å². The van der Waals surface area contributed by atoms with Gasteiger partial charge >= 0.3 is 5.97 Å². The second-order valence-electron chi connectivity index (χ2n) is 5.69. The number of halogens is 1. The summed E-state index contributed by atoms with van der Waals surface area (Å²) >= 11 is 2.19. The van der Waals surface area contributed by atoms with Crippen molar-refractivity contribution in [2.45, 2.75) is 6.92 Å². The number of ether oxygens (including phenoxy) is 4. The monoisotopic (exact) mass is 478 g/mol. The fraction of sp³-hybridized carbons (Fsp3) is 0.190. The zero-order valence-corrected chi connectivity index (χ0v) is 17.4. The Morgan fingerprint density at radius 3 is 2.48 bits per heavy atom. The lowest BCUT2D eigenvalue weighted by Crippen LogP contribution is -1.99. The summed E-state index contributed by atoms with van der Waals surface area (Å²) in [6.07, 6.45) is 3.52. The molecule has 5 nitrogen and oxygen atoms in total. The quantitative estimate of drug-likeness (QED) is 0.343. The number of rotatable bonds is 6. The van der Waals surface area contributed by atoms with Crippen LogP contribution in [0.15, 0.2) is 48.0 Å². The van der Waals surface area contributed by atoms with Crippen molar-refractivity contribution in [2.75, 3.05) is 20.8 Å². The highest BCUT2D eigenvalue weighted by molar-refractivity contribution is 14.1. The summed E-state index contributed by atoms with van der Waals surface area (Å²) in [5.41, 5.74) is 2.12. The van der Waals surface area contributed by atoms with E-state index >= 15 is 0 Å². The van der Waals surface area contributed by atoms with Crippen LogP contribution in [0.5, 0.6) is 17.2 Å². The van der Waals surface area contributed by atoms with Gasteiger partial charge in [0.05, 0.1) is 30.0 Å². The van der Waals surface area contributed by atoms with Gasteiger partial charge in [-0.25, -0.2) is 4.79 Å². The Balaban J connectivity index is 1.94. The fourth-order valence-corrected chi connectivity index (χ4v) is 3.54. The van der Waals surface area contributed by atoms with Gasteiger partial charge in [-0.1, -0.05) is 0 Å². The van der Waals surface area contributed by atoms with Gasteiger partial charge in [-0.15, -0.1) is 0 Å². The molecule has 6 heteroatoms. The minimum absolute atomic E-state index is 0.385. The summed E-state index contributed by atoms with van der Waals surface area (Å²) in [7, 11) is 3.22. The van der Waals surface area contributed by atoms with Gasteiger partial charge in [0.1, 0.15) is 11.5 Å². The van der Waals surface area contributed by atoms with Crippen LogP contribution >= 0.6 is 22.6 Å². The highest BCUT2D eigenvalue weighted by Gasteiger charge is 2.22. The Morgan fingerprint density at radius 1 is 1.11 bits per heavy atom. The molecule has 27 heavy (non-hydrogen) atoms. The first-order valence-corrected chi connectivity index (χ1v) is 9.44. The maximum absolute atomic E-state index is 12.3. The summed E-state index contributed by atoms with van der Waals surface area (Å²) in [5, 5.41) is 0. The van der Waals surface area contributed by atoms with E-state index in [9.17, 15) is 4.79 Å². The molecule has 0 spiro atoms. The van der Waals surface area contributed by atoms with E-state index in [1.54, 1.807) is 26.4 Å². The third kappa shape index (κ3) is 4.27. The van der Waals surface area contributed by atoms with Crippen molar-refractivity contribution in [2.24, 2.45) is 0 Å². The van der Waals surface area contributed by atoms with E-state index in [1.165, 1.54) is 0 Å². The topological polar surface area (TPSA) is 54.0 Å². The van der Waals surface area contributed by atoms with Gasteiger partial charge in [-0.05, 0) is 83.6 Å². The summed E-state index contributed by atoms with van der Waals surface area (Å²) in [6, 6.07) is 11.1. The third-order valence-corrected chi connectivity index (χ3v) is 4.76. The van der Waals surface area contributed by atoms with Gasteiger partial charge in [-0.3, -0.25) is 0 Å². The third-order valence-electron chi connectivity index (χ3n) is 3.96. The lowest BCUT2D eigenvalue weighted by Gasteiger charge is -2.12. The molecular weight excluding hydrogens is 459 g/mol. The molecule has 0 bridgehead atoms. The molecule has 0 aromatic heterocycles. The van der Waals surface area contributed by atoms with Crippen molar-refractivity contribution in [3.8, 4) is 17.2 Å². The first-order chi connectivity index (χ1) is 13.0. The predicted octanol–water partition coefficient (Wildman–Crippen LogP) is 4.69. The van der Waals surface area contributed by atoms with Gasteiger partial charge in [0.25, 0.3) is 0 Å². The van der Waals surface area contributed by atoms with Crippen LogP contribution in [0.4, 0.5) is 0 Å². The van der Waals surface area contributed by atoms with Crippen LogP contribution in [0.3, 0.4) is 0 Å². The number of carbonyl (C=O) groups is 1. The van der Waals surface area contributed by atoms with Crippen molar-refractivity contribution in [3.05, 3.63) is 62.7 Å². The van der Waals surface area contributed by atoms with Gasteiger partial charge < -0.3 is 18.9 Å².